The van der Waals surface area contributed by atoms with E-state index in [1.807, 2.05) is 18.2 Å². The van der Waals surface area contributed by atoms with E-state index in [2.05, 4.69) is 63.0 Å². The van der Waals surface area contributed by atoms with Gasteiger partial charge < -0.3 is 31.3 Å². The third-order valence-corrected chi connectivity index (χ3v) is 5.21. The second-order valence-corrected chi connectivity index (χ2v) is 7.73. The zero-order valence-electron chi connectivity index (χ0n) is 18.0. The second kappa shape index (κ2) is 14.1. The zero-order chi connectivity index (χ0) is 20.7. The average molecular weight is 412 g/mol. The van der Waals surface area contributed by atoms with Crippen LogP contribution in [0.3, 0.4) is 0 Å². The molecule has 0 unspecified atom stereocenters. The third kappa shape index (κ3) is 9.24. The van der Waals surface area contributed by atoms with Gasteiger partial charge in [-0.3, -0.25) is 0 Å². The highest BCUT2D eigenvalue weighted by molar-refractivity contribution is 5.28. The number of nitrogens with one attached hydrogen (secondary N) is 5. The molecule has 5 N–H and O–H groups in total. The van der Waals surface area contributed by atoms with Crippen LogP contribution in [0.1, 0.15) is 11.1 Å². The van der Waals surface area contributed by atoms with Gasteiger partial charge in [-0.15, -0.1) is 0 Å². The molecule has 1 atom stereocenters. The molecule has 2 aromatic carbocycles. The lowest BCUT2D eigenvalue weighted by molar-refractivity contribution is 0.306. The molecule has 3 rings (SSSR count). The molecule has 1 heterocycles. The quantitative estimate of drug-likeness (QED) is 0.508. The van der Waals surface area contributed by atoms with Crippen molar-refractivity contribution in [3.05, 3.63) is 65.7 Å². The maximum Gasteiger partial charge on any atom is 0.119 e. The summed E-state index contributed by atoms with van der Waals surface area (Å²) in [5.74, 6) is 0.916. The summed E-state index contributed by atoms with van der Waals surface area (Å²) >= 11 is 0. The van der Waals surface area contributed by atoms with Crippen LogP contribution >= 0.6 is 0 Å². The van der Waals surface area contributed by atoms with Gasteiger partial charge in [0.05, 0.1) is 0 Å². The number of hydrogen-bond donors (Lipinski definition) is 5. The van der Waals surface area contributed by atoms with Crippen LogP contribution in [0.5, 0.6) is 5.75 Å². The lowest BCUT2D eigenvalue weighted by atomic mass is 10.1. The molecule has 2 aromatic rings. The minimum atomic E-state index is 0.408. The van der Waals surface area contributed by atoms with Gasteiger partial charge in [-0.25, -0.2) is 0 Å². The first-order valence-corrected chi connectivity index (χ1v) is 11.2. The fraction of sp³-hybridized carbons (Fsp3) is 0.500. The average Bonchev–Trinajstić information content (AvgIpc) is 2.80. The molecular formula is C24H37N5O. The van der Waals surface area contributed by atoms with Crippen LogP contribution in [0.4, 0.5) is 0 Å². The summed E-state index contributed by atoms with van der Waals surface area (Å²) in [7, 11) is 0. The Hall–Kier alpha value is -1.96. The van der Waals surface area contributed by atoms with Crippen molar-refractivity contribution in [2.24, 2.45) is 0 Å². The molecule has 0 amide bonds. The number of hydrogen-bond acceptors (Lipinski definition) is 6. The standard InChI is InChI=1S/C24H37N5O/c1-2-4-22(5-3-1)20-30-24-8-6-21(7-9-24)18-23-19-28-15-14-26-11-10-25-12-13-27-16-17-29-23/h1-9,23,25-29H,10-20H2/t23-/m0/s1. The van der Waals surface area contributed by atoms with Gasteiger partial charge in [0.2, 0.25) is 0 Å². The Balaban J connectivity index is 1.46. The molecule has 1 aliphatic rings. The molecule has 6 nitrogen and oxygen atoms in total. The van der Waals surface area contributed by atoms with Gasteiger partial charge in [-0.1, -0.05) is 42.5 Å². The molecule has 6 heteroatoms. The predicted octanol–water partition coefficient (Wildman–Crippen LogP) is 1.14. The first-order chi connectivity index (χ1) is 14.9. The molecule has 1 fully saturated rings. The number of rotatable bonds is 5. The first kappa shape index (κ1) is 22.7. The van der Waals surface area contributed by atoms with Gasteiger partial charge in [0.1, 0.15) is 12.4 Å². The fourth-order valence-corrected chi connectivity index (χ4v) is 3.51. The van der Waals surface area contributed by atoms with Crippen LogP contribution in [0.2, 0.25) is 0 Å². The monoisotopic (exact) mass is 411 g/mol. The van der Waals surface area contributed by atoms with E-state index in [0.717, 1.165) is 71.1 Å². The smallest absolute Gasteiger partial charge is 0.119 e. The molecule has 30 heavy (non-hydrogen) atoms. The van der Waals surface area contributed by atoms with E-state index in [1.54, 1.807) is 0 Å². The molecule has 1 aliphatic heterocycles. The Kier molecular flexibility index (Phi) is 10.7. The van der Waals surface area contributed by atoms with Crippen molar-refractivity contribution in [2.45, 2.75) is 19.1 Å². The lowest BCUT2D eigenvalue weighted by Gasteiger charge is -2.20. The summed E-state index contributed by atoms with van der Waals surface area (Å²) in [5.41, 5.74) is 2.51. The van der Waals surface area contributed by atoms with E-state index in [1.165, 1.54) is 11.1 Å². The van der Waals surface area contributed by atoms with Crippen molar-refractivity contribution >= 4 is 0 Å². The highest BCUT2D eigenvalue weighted by Crippen LogP contribution is 2.15. The summed E-state index contributed by atoms with van der Waals surface area (Å²) in [6, 6.07) is 19.2. The van der Waals surface area contributed by atoms with Crippen LogP contribution in [0, 0.1) is 0 Å². The van der Waals surface area contributed by atoms with E-state index < -0.39 is 0 Å². The fourth-order valence-electron chi connectivity index (χ4n) is 3.51. The van der Waals surface area contributed by atoms with E-state index in [0.29, 0.717) is 12.6 Å². The summed E-state index contributed by atoms with van der Waals surface area (Å²) in [5, 5.41) is 17.7. The van der Waals surface area contributed by atoms with Crippen molar-refractivity contribution in [3.63, 3.8) is 0 Å². The van der Waals surface area contributed by atoms with Crippen molar-refractivity contribution in [3.8, 4) is 5.75 Å². The van der Waals surface area contributed by atoms with Gasteiger partial charge >= 0.3 is 0 Å². The van der Waals surface area contributed by atoms with Crippen molar-refractivity contribution in [1.82, 2.24) is 26.6 Å². The molecule has 164 valence electrons. The predicted molar refractivity (Wildman–Crippen MR) is 124 cm³/mol. The first-order valence-electron chi connectivity index (χ1n) is 11.2. The van der Waals surface area contributed by atoms with Crippen LogP contribution in [-0.4, -0.2) is 64.9 Å². The number of benzene rings is 2. The topological polar surface area (TPSA) is 69.4 Å². The van der Waals surface area contributed by atoms with Gasteiger partial charge in [0.15, 0.2) is 0 Å². The zero-order valence-corrected chi connectivity index (χ0v) is 18.0. The van der Waals surface area contributed by atoms with Crippen LogP contribution in [0.15, 0.2) is 54.6 Å². The maximum absolute atomic E-state index is 5.91. The SMILES string of the molecule is c1ccc(COc2ccc(C[C@H]3CNCCNCCNCCNCCN3)cc2)cc1. The molecule has 0 saturated carbocycles. The summed E-state index contributed by atoms with van der Waals surface area (Å²) in [6.07, 6.45) is 1.00. The van der Waals surface area contributed by atoms with E-state index in [-0.39, 0.29) is 0 Å². The minimum Gasteiger partial charge on any atom is -0.489 e. The van der Waals surface area contributed by atoms with Gasteiger partial charge in [0.25, 0.3) is 0 Å². The molecule has 0 aromatic heterocycles. The van der Waals surface area contributed by atoms with E-state index in [4.69, 9.17) is 4.74 Å². The van der Waals surface area contributed by atoms with Gasteiger partial charge in [0, 0.05) is 64.9 Å². The Morgan fingerprint density at radius 2 is 1.23 bits per heavy atom. The summed E-state index contributed by atoms with van der Waals surface area (Å²) < 4.78 is 5.91. The van der Waals surface area contributed by atoms with Gasteiger partial charge in [-0.05, 0) is 29.7 Å². The molecular weight excluding hydrogens is 374 g/mol. The van der Waals surface area contributed by atoms with Crippen molar-refractivity contribution in [2.75, 3.05) is 58.9 Å². The molecule has 1 saturated heterocycles. The highest BCUT2D eigenvalue weighted by Gasteiger charge is 2.09. The Labute approximate surface area is 181 Å². The van der Waals surface area contributed by atoms with Crippen molar-refractivity contribution in [1.29, 1.82) is 0 Å². The highest BCUT2D eigenvalue weighted by atomic mass is 16.5. The van der Waals surface area contributed by atoms with Crippen LogP contribution in [-0.2, 0) is 13.0 Å². The van der Waals surface area contributed by atoms with E-state index >= 15 is 0 Å². The molecule has 0 spiro atoms. The Morgan fingerprint density at radius 3 is 1.90 bits per heavy atom. The van der Waals surface area contributed by atoms with E-state index in [9.17, 15) is 0 Å². The molecule has 0 aliphatic carbocycles. The summed E-state index contributed by atoms with van der Waals surface area (Å²) in [6.45, 7) is 9.58. The summed E-state index contributed by atoms with van der Waals surface area (Å²) in [4.78, 5) is 0. The van der Waals surface area contributed by atoms with Crippen molar-refractivity contribution < 1.29 is 4.74 Å². The third-order valence-electron chi connectivity index (χ3n) is 5.21. The molecule has 0 radical (unpaired) electrons. The molecule has 0 bridgehead atoms. The Bertz CT molecular complexity index is 664. The lowest BCUT2D eigenvalue weighted by Crippen LogP contribution is -2.44. The van der Waals surface area contributed by atoms with Gasteiger partial charge in [-0.2, -0.15) is 0 Å². The van der Waals surface area contributed by atoms with Crippen LogP contribution < -0.4 is 31.3 Å². The largest absolute Gasteiger partial charge is 0.489 e. The normalized spacial score (nSPS) is 20.1. The van der Waals surface area contributed by atoms with Crippen LogP contribution in [0.25, 0.3) is 0 Å². The second-order valence-electron chi connectivity index (χ2n) is 7.73. The number of ether oxygens (including phenoxy) is 1. The minimum absolute atomic E-state index is 0.408. The maximum atomic E-state index is 5.91. The Morgan fingerprint density at radius 1 is 0.633 bits per heavy atom.